The van der Waals surface area contributed by atoms with Crippen molar-refractivity contribution >= 4 is 0 Å². The van der Waals surface area contributed by atoms with E-state index in [0.29, 0.717) is 0 Å². The van der Waals surface area contributed by atoms with Gasteiger partial charge in [0.2, 0.25) is 0 Å². The molecule has 0 amide bonds. The van der Waals surface area contributed by atoms with Crippen LogP contribution in [-0.2, 0) is 0 Å². The van der Waals surface area contributed by atoms with Crippen molar-refractivity contribution in [3.63, 3.8) is 0 Å². The molecule has 12 heavy (non-hydrogen) atoms. The first-order valence-corrected chi connectivity index (χ1v) is 4.48. The van der Waals surface area contributed by atoms with Crippen molar-refractivity contribution < 1.29 is 0 Å². The summed E-state index contributed by atoms with van der Waals surface area (Å²) in [5.74, 6) is 0. The van der Waals surface area contributed by atoms with Crippen LogP contribution >= 0.6 is 0 Å². The van der Waals surface area contributed by atoms with E-state index in [2.05, 4.69) is 44.3 Å². The molecule has 0 aliphatic carbocycles. The van der Waals surface area contributed by atoms with Gasteiger partial charge in [0, 0.05) is 12.2 Å². The van der Waals surface area contributed by atoms with Crippen LogP contribution in [0.25, 0.3) is 0 Å². The van der Waals surface area contributed by atoms with Crippen LogP contribution in [0.1, 0.15) is 27.2 Å². The molecular formula is C11H17N. The number of nitrogens with one attached hydrogen (secondary N) is 1. The standard InChI is InChI=1S/C11H17N/c1-4-10-7-8-12-11(10)6-5-9(2)3/h4-6,12H,7-8H2,1-3H3/b10-4-,11-6+. The van der Waals surface area contributed by atoms with Crippen molar-refractivity contribution in [2.24, 2.45) is 0 Å². The molecule has 1 N–H and O–H groups in total. The molecule has 0 unspecified atom stereocenters. The van der Waals surface area contributed by atoms with Gasteiger partial charge in [-0.05, 0) is 38.8 Å². The van der Waals surface area contributed by atoms with Crippen molar-refractivity contribution in [2.75, 3.05) is 6.54 Å². The van der Waals surface area contributed by atoms with E-state index in [1.165, 1.54) is 23.3 Å². The van der Waals surface area contributed by atoms with Crippen LogP contribution < -0.4 is 5.32 Å². The van der Waals surface area contributed by atoms with E-state index in [1.54, 1.807) is 0 Å². The number of hydrogen-bond donors (Lipinski definition) is 1. The highest BCUT2D eigenvalue weighted by Crippen LogP contribution is 2.17. The topological polar surface area (TPSA) is 12.0 Å². The zero-order valence-electron chi connectivity index (χ0n) is 8.15. The normalized spacial score (nSPS) is 22.9. The van der Waals surface area contributed by atoms with Gasteiger partial charge in [-0.25, -0.2) is 0 Å². The summed E-state index contributed by atoms with van der Waals surface area (Å²) in [6.45, 7) is 7.41. The van der Waals surface area contributed by atoms with Gasteiger partial charge in [-0.1, -0.05) is 17.7 Å². The highest BCUT2D eigenvalue weighted by molar-refractivity contribution is 5.36. The second-order valence-corrected chi connectivity index (χ2v) is 3.32. The minimum atomic E-state index is 1.09. The van der Waals surface area contributed by atoms with Crippen LogP contribution in [0.2, 0.25) is 0 Å². The molecule has 1 heteroatoms. The molecule has 0 aromatic carbocycles. The Labute approximate surface area is 74.9 Å². The summed E-state index contributed by atoms with van der Waals surface area (Å²) in [4.78, 5) is 0. The molecule has 1 saturated heterocycles. The Kier molecular flexibility index (Phi) is 3.15. The number of rotatable bonds is 1. The third-order valence-electron chi connectivity index (χ3n) is 1.99. The Bertz CT molecular complexity index is 240. The monoisotopic (exact) mass is 163 g/mol. The smallest absolute Gasteiger partial charge is 0.0370 e. The Morgan fingerprint density at radius 1 is 1.42 bits per heavy atom. The Morgan fingerprint density at radius 2 is 2.17 bits per heavy atom. The molecule has 0 saturated carbocycles. The zero-order chi connectivity index (χ0) is 8.97. The van der Waals surface area contributed by atoms with Gasteiger partial charge in [0.25, 0.3) is 0 Å². The van der Waals surface area contributed by atoms with Crippen LogP contribution in [-0.4, -0.2) is 6.54 Å². The number of hydrogen-bond acceptors (Lipinski definition) is 1. The largest absolute Gasteiger partial charge is 0.384 e. The lowest BCUT2D eigenvalue weighted by atomic mass is 10.1. The van der Waals surface area contributed by atoms with Gasteiger partial charge in [0.15, 0.2) is 0 Å². The van der Waals surface area contributed by atoms with Crippen LogP contribution in [0, 0.1) is 0 Å². The first-order valence-electron chi connectivity index (χ1n) is 4.48. The fourth-order valence-corrected chi connectivity index (χ4v) is 1.30. The summed E-state index contributed by atoms with van der Waals surface area (Å²) in [7, 11) is 0. The van der Waals surface area contributed by atoms with E-state index >= 15 is 0 Å². The van der Waals surface area contributed by atoms with E-state index in [4.69, 9.17) is 0 Å². The first-order chi connectivity index (χ1) is 5.74. The second kappa shape index (κ2) is 4.15. The molecule has 1 nitrogen and oxygen atoms in total. The third-order valence-corrected chi connectivity index (χ3v) is 1.99. The second-order valence-electron chi connectivity index (χ2n) is 3.32. The van der Waals surface area contributed by atoms with Crippen LogP contribution in [0.5, 0.6) is 0 Å². The van der Waals surface area contributed by atoms with E-state index in [1.807, 2.05) is 0 Å². The Hall–Kier alpha value is -0.980. The van der Waals surface area contributed by atoms with E-state index in [-0.39, 0.29) is 0 Å². The Morgan fingerprint density at radius 3 is 2.75 bits per heavy atom. The first kappa shape index (κ1) is 9.11. The van der Waals surface area contributed by atoms with Gasteiger partial charge >= 0.3 is 0 Å². The molecule has 1 aliphatic rings. The maximum absolute atomic E-state index is 3.36. The fraction of sp³-hybridized carbons (Fsp3) is 0.455. The summed E-state index contributed by atoms with van der Waals surface area (Å²) >= 11 is 0. The lowest BCUT2D eigenvalue weighted by Gasteiger charge is -1.98. The van der Waals surface area contributed by atoms with Crippen molar-refractivity contribution in [3.05, 3.63) is 35.1 Å². The Balaban J connectivity index is 2.74. The van der Waals surface area contributed by atoms with Crippen LogP contribution in [0.3, 0.4) is 0 Å². The predicted molar refractivity (Wildman–Crippen MR) is 53.9 cm³/mol. The lowest BCUT2D eigenvalue weighted by Crippen LogP contribution is -2.03. The molecule has 0 spiro atoms. The quantitative estimate of drug-likeness (QED) is 0.626. The molecule has 1 heterocycles. The molecule has 0 aromatic rings. The summed E-state index contributed by atoms with van der Waals surface area (Å²) < 4.78 is 0. The van der Waals surface area contributed by atoms with Crippen molar-refractivity contribution in [1.29, 1.82) is 0 Å². The molecular weight excluding hydrogens is 146 g/mol. The molecule has 1 aliphatic heterocycles. The van der Waals surface area contributed by atoms with E-state index < -0.39 is 0 Å². The highest BCUT2D eigenvalue weighted by Gasteiger charge is 2.09. The number of allylic oxidation sites excluding steroid dienone is 5. The third kappa shape index (κ3) is 2.26. The van der Waals surface area contributed by atoms with Crippen molar-refractivity contribution in [2.45, 2.75) is 27.2 Å². The summed E-state index contributed by atoms with van der Waals surface area (Å²) in [5.41, 5.74) is 4.07. The van der Waals surface area contributed by atoms with Gasteiger partial charge in [-0.15, -0.1) is 0 Å². The average molecular weight is 163 g/mol. The van der Waals surface area contributed by atoms with Gasteiger partial charge in [0.05, 0.1) is 0 Å². The van der Waals surface area contributed by atoms with E-state index in [9.17, 15) is 0 Å². The molecule has 66 valence electrons. The summed E-state index contributed by atoms with van der Waals surface area (Å²) in [5, 5.41) is 3.36. The molecule has 0 aromatic heterocycles. The molecule has 0 radical (unpaired) electrons. The predicted octanol–water partition coefficient (Wildman–Crippen LogP) is 2.78. The van der Waals surface area contributed by atoms with Gasteiger partial charge in [-0.2, -0.15) is 0 Å². The molecule has 0 atom stereocenters. The van der Waals surface area contributed by atoms with Crippen LogP contribution in [0.4, 0.5) is 0 Å². The van der Waals surface area contributed by atoms with Gasteiger partial charge in [-0.3, -0.25) is 0 Å². The maximum Gasteiger partial charge on any atom is 0.0370 e. The molecule has 1 rings (SSSR count). The van der Waals surface area contributed by atoms with Gasteiger partial charge in [0.1, 0.15) is 0 Å². The maximum atomic E-state index is 3.36. The fourth-order valence-electron chi connectivity index (χ4n) is 1.30. The minimum Gasteiger partial charge on any atom is -0.384 e. The summed E-state index contributed by atoms with van der Waals surface area (Å²) in [6.07, 6.45) is 7.67. The zero-order valence-corrected chi connectivity index (χ0v) is 8.15. The summed E-state index contributed by atoms with van der Waals surface area (Å²) in [6, 6.07) is 0. The molecule has 1 fully saturated rings. The molecule has 0 bridgehead atoms. The van der Waals surface area contributed by atoms with Gasteiger partial charge < -0.3 is 5.32 Å². The minimum absolute atomic E-state index is 1.09. The highest BCUT2D eigenvalue weighted by atomic mass is 14.9. The average Bonchev–Trinajstić information content (AvgIpc) is 2.47. The van der Waals surface area contributed by atoms with Crippen molar-refractivity contribution in [3.8, 4) is 0 Å². The lowest BCUT2D eigenvalue weighted by molar-refractivity contribution is 0.915. The van der Waals surface area contributed by atoms with Crippen molar-refractivity contribution in [1.82, 2.24) is 5.32 Å². The SMILES string of the molecule is C/C=C1/CCN/C1=C/C=C(C)C. The van der Waals surface area contributed by atoms with E-state index in [0.717, 1.165) is 6.54 Å². The van der Waals surface area contributed by atoms with Crippen LogP contribution in [0.15, 0.2) is 35.1 Å².